The Morgan fingerprint density at radius 2 is 1.57 bits per heavy atom. The standard InChI is InChI=1S/C29H36O4S2/c1-6-32-27(22-34-24-14-9-7-10-15-24)29(5,35(30,31)25-16-11-8-12-17-25)21-13-20-28(3,4)26-19-18-23(2)33-26/h7-12,14-19,22H,6,13,20-21H2,1-5H3/b27-22-. The molecule has 1 unspecified atom stereocenters. The van der Waals surface area contributed by atoms with E-state index in [0.717, 1.165) is 22.8 Å². The van der Waals surface area contributed by atoms with Crippen LogP contribution in [0, 0.1) is 6.92 Å². The molecule has 0 saturated carbocycles. The summed E-state index contributed by atoms with van der Waals surface area (Å²) in [6, 6.07) is 22.6. The highest BCUT2D eigenvalue weighted by Crippen LogP contribution is 2.41. The predicted molar refractivity (Wildman–Crippen MR) is 144 cm³/mol. The van der Waals surface area contributed by atoms with Gasteiger partial charge in [0.15, 0.2) is 9.84 Å². The van der Waals surface area contributed by atoms with Gasteiger partial charge in [0.25, 0.3) is 0 Å². The van der Waals surface area contributed by atoms with Gasteiger partial charge in [0.2, 0.25) is 0 Å². The van der Waals surface area contributed by atoms with Crippen molar-refractivity contribution in [1.29, 1.82) is 0 Å². The van der Waals surface area contributed by atoms with Gasteiger partial charge in [-0.1, -0.05) is 68.4 Å². The van der Waals surface area contributed by atoms with Gasteiger partial charge in [0.1, 0.15) is 22.0 Å². The molecule has 0 N–H and O–H groups in total. The van der Waals surface area contributed by atoms with Crippen LogP contribution in [-0.2, 0) is 20.0 Å². The van der Waals surface area contributed by atoms with Crippen LogP contribution in [0.1, 0.15) is 58.5 Å². The van der Waals surface area contributed by atoms with Gasteiger partial charge in [-0.05, 0) is 70.0 Å². The lowest BCUT2D eigenvalue weighted by Gasteiger charge is -2.33. The molecule has 0 spiro atoms. The number of thioether (sulfide) groups is 1. The molecule has 1 aromatic heterocycles. The Labute approximate surface area is 214 Å². The van der Waals surface area contributed by atoms with E-state index < -0.39 is 14.6 Å². The molecule has 3 aromatic rings. The topological polar surface area (TPSA) is 56.5 Å². The SMILES string of the molecule is CCO/C(=C\Sc1ccccc1)C(C)(CCCC(C)(C)c1ccc(C)o1)S(=O)(=O)c1ccccc1. The first-order chi connectivity index (χ1) is 16.6. The number of benzene rings is 2. The van der Waals surface area contributed by atoms with Crippen molar-refractivity contribution in [3.63, 3.8) is 0 Å². The second-order valence-corrected chi connectivity index (χ2v) is 12.9. The fourth-order valence-corrected chi connectivity index (χ4v) is 6.92. The van der Waals surface area contributed by atoms with Crippen molar-refractivity contribution in [1.82, 2.24) is 0 Å². The van der Waals surface area contributed by atoms with E-state index in [0.29, 0.717) is 30.1 Å². The van der Waals surface area contributed by atoms with Gasteiger partial charge in [-0.25, -0.2) is 8.42 Å². The number of rotatable bonds is 12. The highest BCUT2D eigenvalue weighted by Gasteiger charge is 2.45. The lowest BCUT2D eigenvalue weighted by Crippen LogP contribution is -2.39. The van der Waals surface area contributed by atoms with Crippen LogP contribution in [0.3, 0.4) is 0 Å². The summed E-state index contributed by atoms with van der Waals surface area (Å²) in [5.41, 5.74) is -0.208. The molecule has 4 nitrogen and oxygen atoms in total. The van der Waals surface area contributed by atoms with Crippen LogP contribution >= 0.6 is 11.8 Å². The summed E-state index contributed by atoms with van der Waals surface area (Å²) in [4.78, 5) is 1.33. The maximum atomic E-state index is 14.1. The minimum Gasteiger partial charge on any atom is -0.496 e. The van der Waals surface area contributed by atoms with E-state index in [9.17, 15) is 8.42 Å². The average molecular weight is 513 g/mol. The Kier molecular flexibility index (Phi) is 8.94. The Hall–Kier alpha value is -2.44. The Balaban J connectivity index is 1.95. The first-order valence-electron chi connectivity index (χ1n) is 12.0. The van der Waals surface area contributed by atoms with Crippen LogP contribution in [0.4, 0.5) is 0 Å². The third kappa shape index (κ3) is 6.42. The second-order valence-electron chi connectivity index (χ2n) is 9.54. The van der Waals surface area contributed by atoms with E-state index in [-0.39, 0.29) is 5.41 Å². The van der Waals surface area contributed by atoms with E-state index in [4.69, 9.17) is 9.15 Å². The van der Waals surface area contributed by atoms with Gasteiger partial charge in [-0.3, -0.25) is 0 Å². The summed E-state index contributed by atoms with van der Waals surface area (Å²) in [7, 11) is -3.73. The third-order valence-electron chi connectivity index (χ3n) is 6.38. The number of sulfone groups is 1. The smallest absolute Gasteiger partial charge is 0.191 e. The summed E-state index contributed by atoms with van der Waals surface area (Å²) in [6.07, 6.45) is 1.90. The third-order valence-corrected chi connectivity index (χ3v) is 9.74. The van der Waals surface area contributed by atoms with Crippen LogP contribution in [-0.4, -0.2) is 19.8 Å². The molecule has 2 aromatic carbocycles. The molecular weight excluding hydrogens is 476 g/mol. The molecule has 3 rings (SSSR count). The molecule has 0 aliphatic carbocycles. The fourth-order valence-electron chi connectivity index (χ4n) is 4.13. The van der Waals surface area contributed by atoms with Gasteiger partial charge in [-0.15, -0.1) is 0 Å². The monoisotopic (exact) mass is 512 g/mol. The molecule has 0 radical (unpaired) electrons. The zero-order chi connectivity index (χ0) is 25.5. The molecule has 0 aliphatic heterocycles. The zero-order valence-electron chi connectivity index (χ0n) is 21.3. The predicted octanol–water partition coefficient (Wildman–Crippen LogP) is 7.94. The first kappa shape index (κ1) is 27.2. The quantitative estimate of drug-likeness (QED) is 0.182. The van der Waals surface area contributed by atoms with Gasteiger partial charge in [0.05, 0.1) is 11.5 Å². The van der Waals surface area contributed by atoms with Crippen LogP contribution < -0.4 is 0 Å². The van der Waals surface area contributed by atoms with E-state index in [1.54, 1.807) is 31.2 Å². The van der Waals surface area contributed by atoms with E-state index in [2.05, 4.69) is 13.8 Å². The van der Waals surface area contributed by atoms with Crippen molar-refractivity contribution in [2.24, 2.45) is 0 Å². The summed E-state index contributed by atoms with van der Waals surface area (Å²) >= 11 is 1.48. The van der Waals surface area contributed by atoms with Crippen molar-refractivity contribution in [2.75, 3.05) is 6.61 Å². The number of hydrogen-bond acceptors (Lipinski definition) is 5. The van der Waals surface area contributed by atoms with Crippen LogP contribution in [0.2, 0.25) is 0 Å². The molecule has 6 heteroatoms. The summed E-state index contributed by atoms with van der Waals surface area (Å²) in [5.74, 6) is 2.27. The minimum absolute atomic E-state index is 0.208. The van der Waals surface area contributed by atoms with Crippen LogP contribution in [0.25, 0.3) is 0 Å². The molecule has 35 heavy (non-hydrogen) atoms. The molecule has 0 saturated heterocycles. The van der Waals surface area contributed by atoms with Gasteiger partial charge >= 0.3 is 0 Å². The van der Waals surface area contributed by atoms with Crippen LogP contribution in [0.5, 0.6) is 0 Å². The molecule has 0 amide bonds. The lowest BCUT2D eigenvalue weighted by molar-refractivity contribution is 0.197. The molecule has 0 bridgehead atoms. The molecule has 188 valence electrons. The Bertz CT molecular complexity index is 1210. The Morgan fingerprint density at radius 1 is 0.943 bits per heavy atom. The normalized spacial score (nSPS) is 14.5. The first-order valence-corrected chi connectivity index (χ1v) is 14.4. The number of ether oxygens (including phenoxy) is 1. The molecule has 1 heterocycles. The Morgan fingerprint density at radius 3 is 2.14 bits per heavy atom. The van der Waals surface area contributed by atoms with Crippen molar-refractivity contribution in [2.45, 2.75) is 73.8 Å². The largest absolute Gasteiger partial charge is 0.496 e. The summed E-state index contributed by atoms with van der Waals surface area (Å²) in [6.45, 7) is 10.3. The molecule has 1 atom stereocenters. The maximum Gasteiger partial charge on any atom is 0.191 e. The lowest BCUT2D eigenvalue weighted by atomic mass is 9.83. The molecule has 0 aliphatic rings. The summed E-state index contributed by atoms with van der Waals surface area (Å²) < 4.78 is 38.8. The van der Waals surface area contributed by atoms with Crippen molar-refractivity contribution in [3.8, 4) is 0 Å². The average Bonchev–Trinajstić information content (AvgIpc) is 3.30. The van der Waals surface area contributed by atoms with Crippen LogP contribution in [0.15, 0.2) is 98.2 Å². The van der Waals surface area contributed by atoms with E-state index in [1.807, 2.05) is 67.8 Å². The zero-order valence-corrected chi connectivity index (χ0v) is 22.9. The number of furan rings is 1. The molecular formula is C29H36O4S2. The van der Waals surface area contributed by atoms with Crippen molar-refractivity contribution >= 4 is 21.6 Å². The van der Waals surface area contributed by atoms with Crippen molar-refractivity contribution < 1.29 is 17.6 Å². The number of aryl methyl sites for hydroxylation is 1. The van der Waals surface area contributed by atoms with E-state index >= 15 is 0 Å². The highest BCUT2D eigenvalue weighted by atomic mass is 32.2. The van der Waals surface area contributed by atoms with E-state index in [1.165, 1.54) is 11.8 Å². The minimum atomic E-state index is -3.73. The summed E-state index contributed by atoms with van der Waals surface area (Å²) in [5, 5.41) is 1.86. The maximum absolute atomic E-state index is 14.1. The highest BCUT2D eigenvalue weighted by molar-refractivity contribution is 8.02. The molecule has 0 fully saturated rings. The second kappa shape index (κ2) is 11.5. The van der Waals surface area contributed by atoms with Crippen molar-refractivity contribution in [3.05, 3.63) is 95.5 Å². The number of hydrogen-bond donors (Lipinski definition) is 0. The van der Waals surface area contributed by atoms with Gasteiger partial charge in [-0.2, -0.15) is 0 Å². The van der Waals surface area contributed by atoms with Gasteiger partial charge in [0, 0.05) is 15.7 Å². The fraction of sp³-hybridized carbons (Fsp3) is 0.379. The van der Waals surface area contributed by atoms with Gasteiger partial charge < -0.3 is 9.15 Å².